The van der Waals surface area contributed by atoms with Gasteiger partial charge >= 0.3 is 6.29 Å². The fraction of sp³-hybridized carbons (Fsp3) is 0.500. The highest BCUT2D eigenvalue weighted by atomic mass is 19.3. The zero-order valence-electron chi connectivity index (χ0n) is 9.79. The second-order valence-electron chi connectivity index (χ2n) is 4.39. The standard InChI is InChI=1S/C12H14F2N2O2/c13-12(14)17-10-3-2-9(8-11(10)18-12)16-6-1-4-15-5-7-16/h2-3,8,15H,1,4-7H2. The van der Waals surface area contributed by atoms with Gasteiger partial charge in [0.2, 0.25) is 0 Å². The van der Waals surface area contributed by atoms with E-state index in [4.69, 9.17) is 0 Å². The molecule has 1 aromatic rings. The van der Waals surface area contributed by atoms with E-state index < -0.39 is 6.29 Å². The number of hydrogen-bond acceptors (Lipinski definition) is 4. The van der Waals surface area contributed by atoms with Crippen molar-refractivity contribution in [3.8, 4) is 11.5 Å². The van der Waals surface area contributed by atoms with Crippen LogP contribution >= 0.6 is 0 Å². The minimum absolute atomic E-state index is 0.0942. The summed E-state index contributed by atoms with van der Waals surface area (Å²) >= 11 is 0. The maximum absolute atomic E-state index is 12.9. The normalized spacial score (nSPS) is 21.8. The molecule has 0 aromatic heterocycles. The van der Waals surface area contributed by atoms with Crippen LogP contribution in [0.4, 0.5) is 14.5 Å². The molecule has 6 heteroatoms. The first-order valence-corrected chi connectivity index (χ1v) is 6.00. The Hall–Kier alpha value is -1.56. The molecule has 4 nitrogen and oxygen atoms in total. The van der Waals surface area contributed by atoms with E-state index in [1.165, 1.54) is 6.07 Å². The molecule has 3 rings (SSSR count). The van der Waals surface area contributed by atoms with Crippen LogP contribution in [0.25, 0.3) is 0 Å². The van der Waals surface area contributed by atoms with Crippen molar-refractivity contribution >= 4 is 5.69 Å². The first-order chi connectivity index (χ1) is 8.64. The van der Waals surface area contributed by atoms with Gasteiger partial charge in [-0.1, -0.05) is 0 Å². The zero-order chi connectivity index (χ0) is 12.6. The molecule has 2 aliphatic heterocycles. The second-order valence-corrected chi connectivity index (χ2v) is 4.39. The van der Waals surface area contributed by atoms with Crippen molar-refractivity contribution < 1.29 is 18.3 Å². The molecule has 2 aliphatic rings. The molecule has 18 heavy (non-hydrogen) atoms. The minimum Gasteiger partial charge on any atom is -0.395 e. The van der Waals surface area contributed by atoms with Gasteiger partial charge in [-0.15, -0.1) is 8.78 Å². The van der Waals surface area contributed by atoms with Crippen LogP contribution in [-0.4, -0.2) is 32.5 Å². The molecule has 0 aliphatic carbocycles. The molecule has 1 N–H and O–H groups in total. The minimum atomic E-state index is -3.54. The lowest BCUT2D eigenvalue weighted by Gasteiger charge is -2.22. The Bertz CT molecular complexity index is 446. The number of ether oxygens (including phenoxy) is 2. The van der Waals surface area contributed by atoms with Crippen molar-refractivity contribution in [2.24, 2.45) is 0 Å². The number of nitrogens with one attached hydrogen (secondary N) is 1. The van der Waals surface area contributed by atoms with E-state index in [0.29, 0.717) is 0 Å². The summed E-state index contributed by atoms with van der Waals surface area (Å²) in [5, 5.41) is 3.29. The number of anilines is 1. The maximum Gasteiger partial charge on any atom is 0.586 e. The third kappa shape index (κ3) is 2.20. The van der Waals surface area contributed by atoms with Crippen molar-refractivity contribution in [2.75, 3.05) is 31.1 Å². The summed E-state index contributed by atoms with van der Waals surface area (Å²) in [6, 6.07) is 4.93. The predicted molar refractivity (Wildman–Crippen MR) is 62.3 cm³/mol. The van der Waals surface area contributed by atoms with Crippen LogP contribution in [0.3, 0.4) is 0 Å². The highest BCUT2D eigenvalue weighted by Crippen LogP contribution is 2.42. The second kappa shape index (κ2) is 4.28. The van der Waals surface area contributed by atoms with Gasteiger partial charge in [0.1, 0.15) is 0 Å². The summed E-state index contributed by atoms with van der Waals surface area (Å²) in [5.41, 5.74) is 0.888. The fourth-order valence-electron chi connectivity index (χ4n) is 2.24. The SMILES string of the molecule is FC1(F)Oc2ccc(N3CCCNCC3)cc2O1. The molecule has 0 atom stereocenters. The Morgan fingerprint density at radius 1 is 1.11 bits per heavy atom. The lowest BCUT2D eigenvalue weighted by Crippen LogP contribution is -2.27. The molecule has 0 radical (unpaired) electrons. The van der Waals surface area contributed by atoms with Crippen LogP contribution in [0.1, 0.15) is 6.42 Å². The highest BCUT2D eigenvalue weighted by Gasteiger charge is 2.43. The Morgan fingerprint density at radius 3 is 2.83 bits per heavy atom. The Balaban J connectivity index is 1.82. The molecule has 1 aromatic carbocycles. The third-order valence-electron chi connectivity index (χ3n) is 3.09. The first-order valence-electron chi connectivity index (χ1n) is 6.00. The summed E-state index contributed by atoms with van der Waals surface area (Å²) in [4.78, 5) is 2.15. The predicted octanol–water partition coefficient (Wildman–Crippen LogP) is 1.81. The smallest absolute Gasteiger partial charge is 0.395 e. The number of hydrogen-bond donors (Lipinski definition) is 1. The van der Waals surface area contributed by atoms with Crippen LogP contribution in [0.2, 0.25) is 0 Å². The first kappa shape index (κ1) is 11.5. The third-order valence-corrected chi connectivity index (χ3v) is 3.09. The fourth-order valence-corrected chi connectivity index (χ4v) is 2.24. The van der Waals surface area contributed by atoms with Crippen molar-refractivity contribution in [3.05, 3.63) is 18.2 Å². The van der Waals surface area contributed by atoms with Gasteiger partial charge in [-0.3, -0.25) is 0 Å². The number of benzene rings is 1. The van der Waals surface area contributed by atoms with Crippen LogP contribution in [0.5, 0.6) is 11.5 Å². The maximum atomic E-state index is 12.9. The number of fused-ring (bicyclic) bond motifs is 1. The summed E-state index contributed by atoms with van der Waals surface area (Å²) < 4.78 is 34.6. The van der Waals surface area contributed by atoms with Crippen LogP contribution in [-0.2, 0) is 0 Å². The van der Waals surface area contributed by atoms with Gasteiger partial charge in [0, 0.05) is 31.4 Å². The lowest BCUT2D eigenvalue weighted by molar-refractivity contribution is -0.286. The summed E-state index contributed by atoms with van der Waals surface area (Å²) in [7, 11) is 0. The van der Waals surface area contributed by atoms with Crippen molar-refractivity contribution in [1.82, 2.24) is 5.32 Å². The molecule has 1 saturated heterocycles. The van der Waals surface area contributed by atoms with Gasteiger partial charge in [-0.05, 0) is 25.1 Å². The average molecular weight is 256 g/mol. The van der Waals surface area contributed by atoms with Crippen LogP contribution < -0.4 is 19.7 Å². The van der Waals surface area contributed by atoms with Crippen molar-refractivity contribution in [1.29, 1.82) is 0 Å². The van der Waals surface area contributed by atoms with E-state index in [-0.39, 0.29) is 11.5 Å². The molecule has 0 bridgehead atoms. The van der Waals surface area contributed by atoms with Crippen LogP contribution in [0, 0.1) is 0 Å². The average Bonchev–Trinajstić information content (AvgIpc) is 2.53. The van der Waals surface area contributed by atoms with Gasteiger partial charge in [0.15, 0.2) is 11.5 Å². The quantitative estimate of drug-likeness (QED) is 0.831. The highest BCUT2D eigenvalue weighted by molar-refractivity contribution is 5.57. The van der Waals surface area contributed by atoms with E-state index in [9.17, 15) is 8.78 Å². The molecular formula is C12H14F2N2O2. The van der Waals surface area contributed by atoms with E-state index >= 15 is 0 Å². The lowest BCUT2D eigenvalue weighted by atomic mass is 10.2. The molecule has 0 unspecified atom stereocenters. The largest absolute Gasteiger partial charge is 0.586 e. The molecule has 0 amide bonds. The van der Waals surface area contributed by atoms with E-state index in [1.807, 2.05) is 0 Å². The van der Waals surface area contributed by atoms with Crippen LogP contribution in [0.15, 0.2) is 18.2 Å². The van der Waals surface area contributed by atoms with Crippen molar-refractivity contribution in [2.45, 2.75) is 12.7 Å². The Kier molecular flexibility index (Phi) is 2.74. The molecular weight excluding hydrogens is 242 g/mol. The zero-order valence-corrected chi connectivity index (χ0v) is 9.79. The van der Waals surface area contributed by atoms with E-state index in [2.05, 4.69) is 19.7 Å². The number of alkyl halides is 2. The van der Waals surface area contributed by atoms with Gasteiger partial charge in [-0.2, -0.15) is 0 Å². The number of nitrogens with zero attached hydrogens (tertiary/aromatic N) is 1. The van der Waals surface area contributed by atoms with Gasteiger partial charge in [-0.25, -0.2) is 0 Å². The molecule has 98 valence electrons. The van der Waals surface area contributed by atoms with E-state index in [0.717, 1.165) is 38.3 Å². The summed E-state index contributed by atoms with van der Waals surface area (Å²) in [6.45, 7) is 3.64. The number of rotatable bonds is 1. The molecule has 0 spiro atoms. The summed E-state index contributed by atoms with van der Waals surface area (Å²) in [5.74, 6) is 0.200. The monoisotopic (exact) mass is 256 g/mol. The Morgan fingerprint density at radius 2 is 1.94 bits per heavy atom. The molecule has 0 saturated carbocycles. The number of halogens is 2. The summed E-state index contributed by atoms with van der Waals surface area (Å²) in [6.07, 6.45) is -2.51. The molecule has 1 fully saturated rings. The topological polar surface area (TPSA) is 33.7 Å². The van der Waals surface area contributed by atoms with E-state index in [1.54, 1.807) is 12.1 Å². The van der Waals surface area contributed by atoms with Gasteiger partial charge < -0.3 is 19.7 Å². The molecule has 2 heterocycles. The van der Waals surface area contributed by atoms with Gasteiger partial charge in [0.25, 0.3) is 0 Å². The van der Waals surface area contributed by atoms with Gasteiger partial charge in [0.05, 0.1) is 0 Å². The van der Waals surface area contributed by atoms with Crippen molar-refractivity contribution in [3.63, 3.8) is 0 Å². The Labute approximate surface area is 103 Å².